The van der Waals surface area contributed by atoms with Gasteiger partial charge < -0.3 is 10.0 Å². The van der Waals surface area contributed by atoms with Crippen molar-refractivity contribution in [1.82, 2.24) is 4.90 Å². The molecule has 1 saturated heterocycles. The second-order valence-electron chi connectivity index (χ2n) is 4.93. The van der Waals surface area contributed by atoms with Gasteiger partial charge in [-0.2, -0.15) is 0 Å². The molecule has 104 valence electrons. The summed E-state index contributed by atoms with van der Waals surface area (Å²) in [6.07, 6.45) is 2.47. The molecule has 0 bridgehead atoms. The average molecular weight is 281 g/mol. The van der Waals surface area contributed by atoms with Crippen molar-refractivity contribution in [2.24, 2.45) is 5.92 Å². The number of carbonyl (C=O) groups is 2. The van der Waals surface area contributed by atoms with Crippen LogP contribution in [0.3, 0.4) is 0 Å². The van der Waals surface area contributed by atoms with Crippen LogP contribution in [0.5, 0.6) is 0 Å². The molecule has 1 N–H and O–H groups in total. The zero-order valence-electron chi connectivity index (χ0n) is 10.9. The molecule has 1 amide bonds. The van der Waals surface area contributed by atoms with Gasteiger partial charge in [-0.1, -0.05) is 6.07 Å². The Morgan fingerprint density at radius 3 is 2.95 bits per heavy atom. The third-order valence-corrected chi connectivity index (χ3v) is 4.40. The van der Waals surface area contributed by atoms with E-state index >= 15 is 0 Å². The van der Waals surface area contributed by atoms with Crippen LogP contribution in [0.4, 0.5) is 0 Å². The summed E-state index contributed by atoms with van der Waals surface area (Å²) in [7, 11) is 0. The quantitative estimate of drug-likeness (QED) is 0.839. The minimum atomic E-state index is 0.0306. The first-order chi connectivity index (χ1) is 9.20. The topological polar surface area (TPSA) is 57.6 Å². The van der Waals surface area contributed by atoms with Crippen LogP contribution in [-0.2, 0) is 4.79 Å². The molecule has 1 aromatic rings. The largest absolute Gasteiger partial charge is 0.396 e. The van der Waals surface area contributed by atoms with Crippen LogP contribution < -0.4 is 0 Å². The van der Waals surface area contributed by atoms with E-state index in [4.69, 9.17) is 5.11 Å². The SMILES string of the molecule is O=C(CCC(=O)N1CCCC(CO)C1)c1cccs1. The number of likely N-dealkylation sites (tertiary alicyclic amines) is 1. The lowest BCUT2D eigenvalue weighted by molar-refractivity contribution is -0.133. The van der Waals surface area contributed by atoms with Gasteiger partial charge in [-0.05, 0) is 30.2 Å². The van der Waals surface area contributed by atoms with Gasteiger partial charge in [0.25, 0.3) is 0 Å². The van der Waals surface area contributed by atoms with Gasteiger partial charge in [0.05, 0.1) is 4.88 Å². The van der Waals surface area contributed by atoms with Gasteiger partial charge in [-0.25, -0.2) is 0 Å². The molecule has 1 atom stereocenters. The number of ketones is 1. The number of aliphatic hydroxyl groups is 1. The van der Waals surface area contributed by atoms with Gasteiger partial charge >= 0.3 is 0 Å². The fourth-order valence-corrected chi connectivity index (χ4v) is 3.07. The Kier molecular flexibility index (Phi) is 5.10. The highest BCUT2D eigenvalue weighted by Crippen LogP contribution is 2.18. The molecule has 0 saturated carbocycles. The van der Waals surface area contributed by atoms with Crippen LogP contribution in [0.25, 0.3) is 0 Å². The van der Waals surface area contributed by atoms with Crippen molar-refractivity contribution in [2.45, 2.75) is 25.7 Å². The summed E-state index contributed by atoms with van der Waals surface area (Å²) in [6, 6.07) is 3.64. The van der Waals surface area contributed by atoms with Crippen molar-refractivity contribution in [3.05, 3.63) is 22.4 Å². The number of amides is 1. The van der Waals surface area contributed by atoms with Crippen molar-refractivity contribution in [1.29, 1.82) is 0 Å². The second-order valence-corrected chi connectivity index (χ2v) is 5.88. The molecule has 19 heavy (non-hydrogen) atoms. The molecular formula is C14H19NO3S. The Bertz CT molecular complexity index is 430. The summed E-state index contributed by atoms with van der Waals surface area (Å²) >= 11 is 1.41. The maximum atomic E-state index is 12.0. The van der Waals surface area contributed by atoms with E-state index in [1.165, 1.54) is 11.3 Å². The Labute approximate surface area is 117 Å². The fourth-order valence-electron chi connectivity index (χ4n) is 2.38. The lowest BCUT2D eigenvalue weighted by atomic mass is 9.98. The molecule has 2 heterocycles. The highest BCUT2D eigenvalue weighted by atomic mass is 32.1. The van der Waals surface area contributed by atoms with Gasteiger partial charge in [0, 0.05) is 32.5 Å². The summed E-state index contributed by atoms with van der Waals surface area (Å²) in [5, 5.41) is 11.0. The first kappa shape index (κ1) is 14.2. The second kappa shape index (κ2) is 6.82. The number of carbonyl (C=O) groups excluding carboxylic acids is 2. The number of thiophene rings is 1. The van der Waals surface area contributed by atoms with E-state index in [2.05, 4.69) is 0 Å². The minimum Gasteiger partial charge on any atom is -0.396 e. The van der Waals surface area contributed by atoms with Crippen LogP contribution in [0.1, 0.15) is 35.4 Å². The summed E-state index contributed by atoms with van der Waals surface area (Å²) in [5.41, 5.74) is 0. The van der Waals surface area contributed by atoms with E-state index in [-0.39, 0.29) is 37.1 Å². The lowest BCUT2D eigenvalue weighted by Gasteiger charge is -2.31. The maximum Gasteiger partial charge on any atom is 0.223 e. The molecule has 0 radical (unpaired) electrons. The highest BCUT2D eigenvalue weighted by Gasteiger charge is 2.23. The Morgan fingerprint density at radius 1 is 1.42 bits per heavy atom. The number of aliphatic hydroxyl groups excluding tert-OH is 1. The maximum absolute atomic E-state index is 12.0. The third-order valence-electron chi connectivity index (χ3n) is 3.49. The lowest BCUT2D eigenvalue weighted by Crippen LogP contribution is -2.41. The van der Waals surface area contributed by atoms with E-state index in [9.17, 15) is 9.59 Å². The van der Waals surface area contributed by atoms with Gasteiger partial charge in [0.15, 0.2) is 5.78 Å². The molecule has 0 aliphatic carbocycles. The molecule has 1 fully saturated rings. The first-order valence-corrected chi connectivity index (χ1v) is 7.54. The zero-order valence-corrected chi connectivity index (χ0v) is 11.7. The molecular weight excluding hydrogens is 262 g/mol. The minimum absolute atomic E-state index is 0.0306. The van der Waals surface area contributed by atoms with Crippen molar-refractivity contribution < 1.29 is 14.7 Å². The number of piperidine rings is 1. The molecule has 1 unspecified atom stereocenters. The monoisotopic (exact) mass is 281 g/mol. The number of hydrogen-bond donors (Lipinski definition) is 1. The molecule has 5 heteroatoms. The highest BCUT2D eigenvalue weighted by molar-refractivity contribution is 7.12. The summed E-state index contributed by atoms with van der Waals surface area (Å²) in [6.45, 7) is 1.52. The Hall–Kier alpha value is -1.20. The molecule has 2 rings (SSSR count). The predicted molar refractivity (Wildman–Crippen MR) is 74.3 cm³/mol. The molecule has 1 aliphatic rings. The van der Waals surface area contributed by atoms with Gasteiger partial charge in [0.1, 0.15) is 0 Å². The van der Waals surface area contributed by atoms with Crippen LogP contribution >= 0.6 is 11.3 Å². The van der Waals surface area contributed by atoms with E-state index in [1.807, 2.05) is 11.4 Å². The van der Waals surface area contributed by atoms with E-state index in [0.29, 0.717) is 6.54 Å². The van der Waals surface area contributed by atoms with Gasteiger partial charge in [-0.3, -0.25) is 9.59 Å². The number of hydrogen-bond acceptors (Lipinski definition) is 4. The van der Waals surface area contributed by atoms with E-state index in [0.717, 1.165) is 24.3 Å². The number of rotatable bonds is 5. The summed E-state index contributed by atoms with van der Waals surface area (Å²) in [4.78, 5) is 26.3. The molecule has 1 aliphatic heterocycles. The van der Waals surface area contributed by atoms with Crippen LogP contribution in [0, 0.1) is 5.92 Å². The normalized spacial score (nSPS) is 19.4. The van der Waals surface area contributed by atoms with E-state index < -0.39 is 0 Å². The average Bonchev–Trinajstić information content (AvgIpc) is 2.98. The standard InChI is InChI=1S/C14H19NO3S/c16-10-11-3-1-7-15(9-11)14(18)6-5-12(17)13-4-2-8-19-13/h2,4,8,11,16H,1,3,5-7,9-10H2. The van der Waals surface area contributed by atoms with Crippen LogP contribution in [0.15, 0.2) is 17.5 Å². The van der Waals surface area contributed by atoms with Gasteiger partial charge in [-0.15, -0.1) is 11.3 Å². The van der Waals surface area contributed by atoms with Crippen LogP contribution in [-0.4, -0.2) is 41.4 Å². The van der Waals surface area contributed by atoms with Crippen molar-refractivity contribution >= 4 is 23.0 Å². The Morgan fingerprint density at radius 2 is 2.26 bits per heavy atom. The van der Waals surface area contributed by atoms with Crippen LogP contribution in [0.2, 0.25) is 0 Å². The fraction of sp³-hybridized carbons (Fsp3) is 0.571. The third kappa shape index (κ3) is 3.88. The van der Waals surface area contributed by atoms with Gasteiger partial charge in [0.2, 0.25) is 5.91 Å². The van der Waals surface area contributed by atoms with Crippen molar-refractivity contribution in [3.8, 4) is 0 Å². The molecule has 0 aromatic carbocycles. The molecule has 0 spiro atoms. The molecule has 1 aromatic heterocycles. The predicted octanol–water partition coefficient (Wildman–Crippen LogP) is 1.94. The first-order valence-electron chi connectivity index (χ1n) is 6.66. The summed E-state index contributed by atoms with van der Waals surface area (Å²) < 4.78 is 0. The van der Waals surface area contributed by atoms with E-state index in [1.54, 1.807) is 11.0 Å². The summed E-state index contributed by atoms with van der Waals surface area (Å²) in [5.74, 6) is 0.271. The zero-order chi connectivity index (χ0) is 13.7. The Balaban J connectivity index is 1.79. The molecule has 4 nitrogen and oxygen atoms in total. The number of nitrogens with zero attached hydrogens (tertiary/aromatic N) is 1. The van der Waals surface area contributed by atoms with Crippen molar-refractivity contribution in [3.63, 3.8) is 0 Å². The van der Waals surface area contributed by atoms with Crippen molar-refractivity contribution in [2.75, 3.05) is 19.7 Å². The number of Topliss-reactive ketones (excluding diaryl/α,β-unsaturated/α-hetero) is 1. The smallest absolute Gasteiger partial charge is 0.223 e.